The zero-order chi connectivity index (χ0) is 13.7. The molecule has 1 spiro atoms. The molecule has 112 valence electrons. The van der Waals surface area contributed by atoms with E-state index in [4.69, 9.17) is 9.47 Å². The first-order valence-corrected chi connectivity index (χ1v) is 8.08. The Balaban J connectivity index is 2.00. The molecule has 0 bridgehead atoms. The van der Waals surface area contributed by atoms with Gasteiger partial charge in [0.25, 0.3) is 0 Å². The Morgan fingerprint density at radius 1 is 1.37 bits per heavy atom. The summed E-state index contributed by atoms with van der Waals surface area (Å²) >= 11 is 0. The summed E-state index contributed by atoms with van der Waals surface area (Å²) in [4.78, 5) is 0. The molecule has 0 aromatic carbocycles. The third-order valence-electron chi connectivity index (χ3n) is 5.16. The second-order valence-corrected chi connectivity index (χ2v) is 6.37. The van der Waals surface area contributed by atoms with Crippen molar-refractivity contribution in [1.82, 2.24) is 5.32 Å². The fraction of sp³-hybridized carbons (Fsp3) is 1.00. The van der Waals surface area contributed by atoms with Crippen LogP contribution in [0.25, 0.3) is 0 Å². The fourth-order valence-corrected chi connectivity index (χ4v) is 4.19. The molecule has 2 fully saturated rings. The normalized spacial score (nSPS) is 29.5. The van der Waals surface area contributed by atoms with E-state index in [1.54, 1.807) is 0 Å². The molecule has 3 unspecified atom stereocenters. The van der Waals surface area contributed by atoms with Crippen LogP contribution in [0.5, 0.6) is 0 Å². The van der Waals surface area contributed by atoms with Crippen LogP contribution in [0, 0.1) is 5.92 Å². The number of ether oxygens (including phenoxy) is 2. The van der Waals surface area contributed by atoms with Gasteiger partial charge in [0.05, 0.1) is 11.7 Å². The molecule has 1 saturated carbocycles. The first-order valence-electron chi connectivity index (χ1n) is 8.08. The van der Waals surface area contributed by atoms with Gasteiger partial charge >= 0.3 is 0 Å². The highest BCUT2D eigenvalue weighted by Gasteiger charge is 2.43. The Labute approximate surface area is 118 Å². The van der Waals surface area contributed by atoms with Gasteiger partial charge in [0.1, 0.15) is 0 Å². The minimum absolute atomic E-state index is 0.211. The van der Waals surface area contributed by atoms with Crippen LogP contribution >= 0.6 is 0 Å². The van der Waals surface area contributed by atoms with Gasteiger partial charge in [0, 0.05) is 19.8 Å². The third kappa shape index (κ3) is 3.50. The lowest BCUT2D eigenvalue weighted by atomic mass is 9.78. The maximum atomic E-state index is 6.16. The summed E-state index contributed by atoms with van der Waals surface area (Å²) in [5, 5.41) is 3.53. The molecule has 2 rings (SSSR count). The summed E-state index contributed by atoms with van der Waals surface area (Å²) in [6.07, 6.45) is 10.3. The molecule has 3 nitrogen and oxygen atoms in total. The molecular weight excluding hydrogens is 238 g/mol. The van der Waals surface area contributed by atoms with E-state index in [0.29, 0.717) is 18.1 Å². The molecule has 0 amide bonds. The van der Waals surface area contributed by atoms with Crippen LogP contribution in [0.4, 0.5) is 0 Å². The Morgan fingerprint density at radius 3 is 2.68 bits per heavy atom. The fourth-order valence-electron chi connectivity index (χ4n) is 4.19. The Morgan fingerprint density at radius 2 is 2.11 bits per heavy atom. The molecule has 3 heteroatoms. The van der Waals surface area contributed by atoms with E-state index in [2.05, 4.69) is 19.3 Å². The molecule has 3 atom stereocenters. The average molecular weight is 269 g/mol. The van der Waals surface area contributed by atoms with Gasteiger partial charge in [-0.25, -0.2) is 0 Å². The van der Waals surface area contributed by atoms with Crippen molar-refractivity contribution in [2.45, 2.75) is 76.0 Å². The van der Waals surface area contributed by atoms with Gasteiger partial charge in [-0.3, -0.25) is 0 Å². The van der Waals surface area contributed by atoms with Crippen molar-refractivity contribution in [3.8, 4) is 0 Å². The standard InChI is InChI=1S/C16H31NO2/c1-4-7-14(18-3)15(17-2)13-8-11-19-16(12-13)9-5-6-10-16/h13-15,17H,4-12H2,1-3H3. The van der Waals surface area contributed by atoms with Crippen molar-refractivity contribution in [1.29, 1.82) is 0 Å². The smallest absolute Gasteiger partial charge is 0.0726 e. The number of rotatable bonds is 6. The molecular formula is C16H31NO2. The van der Waals surface area contributed by atoms with Crippen molar-refractivity contribution in [3.63, 3.8) is 0 Å². The minimum Gasteiger partial charge on any atom is -0.380 e. The Hall–Kier alpha value is -0.120. The van der Waals surface area contributed by atoms with E-state index in [9.17, 15) is 0 Å². The van der Waals surface area contributed by atoms with Gasteiger partial charge < -0.3 is 14.8 Å². The quantitative estimate of drug-likeness (QED) is 0.803. The van der Waals surface area contributed by atoms with E-state index < -0.39 is 0 Å². The molecule has 0 aromatic heterocycles. The largest absolute Gasteiger partial charge is 0.380 e. The van der Waals surface area contributed by atoms with Crippen LogP contribution in [-0.2, 0) is 9.47 Å². The second-order valence-electron chi connectivity index (χ2n) is 6.37. The molecule has 1 heterocycles. The van der Waals surface area contributed by atoms with Crippen LogP contribution in [0.2, 0.25) is 0 Å². The molecule has 0 radical (unpaired) electrons. The van der Waals surface area contributed by atoms with Crippen molar-refractivity contribution in [2.24, 2.45) is 5.92 Å². The van der Waals surface area contributed by atoms with Crippen LogP contribution in [0.1, 0.15) is 58.3 Å². The van der Waals surface area contributed by atoms with Gasteiger partial charge in [-0.1, -0.05) is 26.2 Å². The Kier molecular flexibility index (Phi) is 5.67. The number of nitrogens with one attached hydrogen (secondary N) is 1. The van der Waals surface area contributed by atoms with Crippen molar-refractivity contribution < 1.29 is 9.47 Å². The van der Waals surface area contributed by atoms with Crippen LogP contribution in [-0.4, -0.2) is 38.5 Å². The topological polar surface area (TPSA) is 30.5 Å². The number of likely N-dealkylation sites (N-methyl/N-ethyl adjacent to an activating group) is 1. The van der Waals surface area contributed by atoms with Crippen molar-refractivity contribution in [3.05, 3.63) is 0 Å². The van der Waals surface area contributed by atoms with Crippen LogP contribution < -0.4 is 5.32 Å². The highest BCUT2D eigenvalue weighted by molar-refractivity contribution is 4.95. The lowest BCUT2D eigenvalue weighted by Gasteiger charge is -2.43. The molecule has 1 aliphatic carbocycles. The number of methoxy groups -OCH3 is 1. The maximum absolute atomic E-state index is 6.16. The average Bonchev–Trinajstić information content (AvgIpc) is 2.86. The summed E-state index contributed by atoms with van der Waals surface area (Å²) in [7, 11) is 3.94. The minimum atomic E-state index is 0.211. The lowest BCUT2D eigenvalue weighted by molar-refractivity contribution is -0.106. The van der Waals surface area contributed by atoms with E-state index in [-0.39, 0.29) is 5.60 Å². The van der Waals surface area contributed by atoms with E-state index in [0.717, 1.165) is 13.0 Å². The van der Waals surface area contributed by atoms with Crippen molar-refractivity contribution >= 4 is 0 Å². The van der Waals surface area contributed by atoms with Gasteiger partial charge in [0.15, 0.2) is 0 Å². The van der Waals surface area contributed by atoms with Gasteiger partial charge in [-0.05, 0) is 45.1 Å². The first kappa shape index (κ1) is 15.3. The van der Waals surface area contributed by atoms with Crippen LogP contribution in [0.15, 0.2) is 0 Å². The molecule has 1 saturated heterocycles. The summed E-state index contributed by atoms with van der Waals surface area (Å²) in [6, 6.07) is 0.478. The number of hydrogen-bond acceptors (Lipinski definition) is 3. The molecule has 1 N–H and O–H groups in total. The second kappa shape index (κ2) is 7.05. The van der Waals surface area contributed by atoms with Crippen LogP contribution in [0.3, 0.4) is 0 Å². The van der Waals surface area contributed by atoms with Gasteiger partial charge in [0.2, 0.25) is 0 Å². The SMILES string of the molecule is CCCC(OC)C(NC)C1CCOC2(CCCC2)C1. The lowest BCUT2D eigenvalue weighted by Crippen LogP contribution is -2.50. The summed E-state index contributed by atoms with van der Waals surface area (Å²) in [5.41, 5.74) is 0.211. The predicted molar refractivity (Wildman–Crippen MR) is 78.4 cm³/mol. The predicted octanol–water partition coefficient (Wildman–Crippen LogP) is 3.13. The monoisotopic (exact) mass is 269 g/mol. The summed E-state index contributed by atoms with van der Waals surface area (Å²) in [5.74, 6) is 0.702. The highest BCUT2D eigenvalue weighted by Crippen LogP contribution is 2.43. The van der Waals surface area contributed by atoms with E-state index >= 15 is 0 Å². The zero-order valence-corrected chi connectivity index (χ0v) is 12.9. The van der Waals surface area contributed by atoms with Gasteiger partial charge in [-0.15, -0.1) is 0 Å². The van der Waals surface area contributed by atoms with Gasteiger partial charge in [-0.2, -0.15) is 0 Å². The summed E-state index contributed by atoms with van der Waals surface area (Å²) in [6.45, 7) is 3.17. The molecule has 19 heavy (non-hydrogen) atoms. The van der Waals surface area contributed by atoms with Crippen molar-refractivity contribution in [2.75, 3.05) is 20.8 Å². The zero-order valence-electron chi connectivity index (χ0n) is 12.9. The highest BCUT2D eigenvalue weighted by atomic mass is 16.5. The molecule has 0 aromatic rings. The Bertz CT molecular complexity index is 263. The third-order valence-corrected chi connectivity index (χ3v) is 5.16. The molecule has 2 aliphatic rings. The summed E-state index contributed by atoms with van der Waals surface area (Å²) < 4.78 is 11.9. The van der Waals surface area contributed by atoms with E-state index in [1.807, 2.05) is 7.11 Å². The van der Waals surface area contributed by atoms with E-state index in [1.165, 1.54) is 44.9 Å². The molecule has 1 aliphatic heterocycles. The first-order chi connectivity index (χ1) is 9.24. The maximum Gasteiger partial charge on any atom is 0.0726 e. The number of hydrogen-bond donors (Lipinski definition) is 1.